The fraction of sp³-hybridized carbons (Fsp3) is 0.394. The molecule has 2 aromatic carbocycles. The molecule has 0 bridgehead atoms. The third-order valence-electron chi connectivity index (χ3n) is 9.04. The van der Waals surface area contributed by atoms with E-state index in [9.17, 15) is 18.4 Å². The summed E-state index contributed by atoms with van der Waals surface area (Å²) >= 11 is 0. The van der Waals surface area contributed by atoms with Crippen LogP contribution in [0.4, 0.5) is 13.6 Å². The third kappa shape index (κ3) is 5.54. The maximum absolute atomic E-state index is 13.5. The Hall–Kier alpha value is -4.94. The number of para-hydroxylation sites is 1. The molecule has 1 aliphatic carbocycles. The number of fused-ring (bicyclic) bond motifs is 3. The van der Waals surface area contributed by atoms with Crippen LogP contribution in [0.1, 0.15) is 41.7 Å². The van der Waals surface area contributed by atoms with Crippen LogP contribution in [-0.4, -0.2) is 78.1 Å². The maximum Gasteiger partial charge on any atom is 0.405 e. The van der Waals surface area contributed by atoms with E-state index in [0.29, 0.717) is 36.6 Å². The first-order chi connectivity index (χ1) is 22.2. The molecule has 0 saturated heterocycles. The van der Waals surface area contributed by atoms with Crippen LogP contribution in [-0.2, 0) is 20.0 Å². The molecule has 1 fully saturated rings. The van der Waals surface area contributed by atoms with E-state index in [1.807, 2.05) is 32.2 Å². The van der Waals surface area contributed by atoms with Gasteiger partial charge in [0.15, 0.2) is 5.82 Å². The predicted octanol–water partition coefficient (Wildman–Crippen LogP) is 5.18. The number of imidazole rings is 2. The van der Waals surface area contributed by atoms with E-state index in [-0.39, 0.29) is 18.5 Å². The number of rotatable bonds is 11. The number of carboxylic acid groups (broad SMARTS) is 1. The van der Waals surface area contributed by atoms with Crippen LogP contribution in [0.5, 0.6) is 5.75 Å². The van der Waals surface area contributed by atoms with E-state index in [4.69, 9.17) is 14.8 Å². The van der Waals surface area contributed by atoms with Crippen LogP contribution in [0.25, 0.3) is 33.5 Å². The van der Waals surface area contributed by atoms with E-state index in [1.165, 1.54) is 17.4 Å². The van der Waals surface area contributed by atoms with Gasteiger partial charge < -0.3 is 33.8 Å². The Morgan fingerprint density at radius 2 is 2.07 bits per heavy atom. The molecular formula is C33H35F2N7O4. The Morgan fingerprint density at radius 1 is 1.24 bits per heavy atom. The van der Waals surface area contributed by atoms with Gasteiger partial charge in [0.1, 0.15) is 19.0 Å². The molecule has 4 heterocycles. The van der Waals surface area contributed by atoms with Gasteiger partial charge in [-0.3, -0.25) is 4.79 Å². The van der Waals surface area contributed by atoms with Crippen LogP contribution in [0, 0.1) is 11.9 Å². The van der Waals surface area contributed by atoms with Crippen LogP contribution < -0.4 is 10.1 Å². The molecule has 0 unspecified atom stereocenters. The van der Waals surface area contributed by atoms with Gasteiger partial charge in [0.25, 0.3) is 5.91 Å². The Kier molecular flexibility index (Phi) is 7.61. The van der Waals surface area contributed by atoms with Crippen molar-refractivity contribution in [2.24, 2.45) is 13.0 Å². The van der Waals surface area contributed by atoms with Crippen molar-refractivity contribution in [2.45, 2.75) is 44.8 Å². The molecule has 2 N–H and O–H groups in total. The van der Waals surface area contributed by atoms with Gasteiger partial charge in [-0.05, 0) is 61.9 Å². The van der Waals surface area contributed by atoms with Crippen molar-refractivity contribution in [1.82, 2.24) is 33.9 Å². The molecule has 1 aliphatic heterocycles. The highest BCUT2D eigenvalue weighted by molar-refractivity contribution is 6.01. The second-order valence-corrected chi connectivity index (χ2v) is 12.4. The highest BCUT2D eigenvalue weighted by Crippen LogP contribution is 2.39. The van der Waals surface area contributed by atoms with Gasteiger partial charge in [-0.2, -0.15) is 4.39 Å². The number of nitrogens with one attached hydrogen (secondary N) is 1. The zero-order valence-electron chi connectivity index (χ0n) is 25.6. The number of aryl methyl sites for hydroxylation is 1. The average Bonchev–Trinajstić information content (AvgIpc) is 3.50. The number of halogens is 2. The first-order valence-corrected chi connectivity index (χ1v) is 15.5. The van der Waals surface area contributed by atoms with E-state index >= 15 is 0 Å². The SMILES string of the molecule is C[C@H](COc1cccc2cc(-c3nc4cc5c(cc4n3C)CCN(C[C@@H](CF)NC(=O)O)C5=O)n(CC3CC3)c12)n1cnc(F)c1. The smallest absolute Gasteiger partial charge is 0.405 e. The number of nitrogens with zero attached hydrogens (tertiary/aromatic N) is 6. The van der Waals surface area contributed by atoms with Gasteiger partial charge in [-0.15, -0.1) is 0 Å². The number of hydrogen-bond donors (Lipinski definition) is 2. The predicted molar refractivity (Wildman–Crippen MR) is 167 cm³/mol. The molecule has 0 radical (unpaired) electrons. The minimum absolute atomic E-state index is 0.0454. The molecule has 0 spiro atoms. The lowest BCUT2D eigenvalue weighted by atomic mass is 9.97. The van der Waals surface area contributed by atoms with E-state index in [2.05, 4.69) is 31.6 Å². The topological polar surface area (TPSA) is 119 Å². The van der Waals surface area contributed by atoms with Crippen LogP contribution in [0.15, 0.2) is 48.9 Å². The van der Waals surface area contributed by atoms with Gasteiger partial charge in [0.05, 0.1) is 46.9 Å². The summed E-state index contributed by atoms with van der Waals surface area (Å²) in [7, 11) is 1.97. The van der Waals surface area contributed by atoms with Gasteiger partial charge in [0, 0.05) is 37.6 Å². The average molecular weight is 632 g/mol. The van der Waals surface area contributed by atoms with Gasteiger partial charge in [-0.1, -0.05) is 12.1 Å². The molecule has 1 saturated carbocycles. The first kappa shape index (κ1) is 29.8. The van der Waals surface area contributed by atoms with Crippen LogP contribution >= 0.6 is 0 Å². The fourth-order valence-electron chi connectivity index (χ4n) is 6.38. The number of ether oxygens (including phenoxy) is 1. The summed E-state index contributed by atoms with van der Waals surface area (Å²) in [6.45, 7) is 2.51. The zero-order valence-corrected chi connectivity index (χ0v) is 25.6. The molecule has 3 aromatic heterocycles. The largest absolute Gasteiger partial charge is 0.489 e. The highest BCUT2D eigenvalue weighted by Gasteiger charge is 2.30. The normalized spacial score (nSPS) is 16.2. The lowest BCUT2D eigenvalue weighted by Gasteiger charge is -2.31. The van der Waals surface area contributed by atoms with E-state index in [1.54, 1.807) is 10.6 Å². The number of amides is 2. The van der Waals surface area contributed by atoms with Gasteiger partial charge in [-0.25, -0.2) is 19.2 Å². The third-order valence-corrected chi connectivity index (χ3v) is 9.04. The lowest BCUT2D eigenvalue weighted by molar-refractivity contribution is 0.0714. The van der Waals surface area contributed by atoms with E-state index < -0.39 is 24.8 Å². The molecule has 2 amide bonds. The Bertz CT molecular complexity index is 1960. The van der Waals surface area contributed by atoms with Crippen molar-refractivity contribution in [2.75, 3.05) is 26.4 Å². The minimum Gasteiger partial charge on any atom is -0.489 e. The number of carbonyl (C=O) groups is 2. The highest BCUT2D eigenvalue weighted by atomic mass is 19.1. The molecule has 46 heavy (non-hydrogen) atoms. The van der Waals surface area contributed by atoms with Crippen molar-refractivity contribution in [3.8, 4) is 17.3 Å². The molecule has 2 atom stereocenters. The first-order valence-electron chi connectivity index (χ1n) is 15.5. The van der Waals surface area contributed by atoms with Gasteiger partial charge in [0.2, 0.25) is 5.95 Å². The molecule has 2 aliphatic rings. The number of alkyl halides is 1. The van der Waals surface area contributed by atoms with Crippen molar-refractivity contribution in [3.05, 3.63) is 66.0 Å². The quantitative estimate of drug-likeness (QED) is 0.207. The molecular weight excluding hydrogens is 596 g/mol. The van der Waals surface area contributed by atoms with Crippen molar-refractivity contribution >= 4 is 33.9 Å². The lowest BCUT2D eigenvalue weighted by Crippen LogP contribution is -2.48. The molecule has 240 valence electrons. The minimum atomic E-state index is -1.33. The fourth-order valence-corrected chi connectivity index (χ4v) is 6.38. The second kappa shape index (κ2) is 11.8. The summed E-state index contributed by atoms with van der Waals surface area (Å²) in [5.74, 6) is 1.26. The van der Waals surface area contributed by atoms with E-state index in [0.717, 1.165) is 58.6 Å². The van der Waals surface area contributed by atoms with Crippen molar-refractivity contribution in [3.63, 3.8) is 0 Å². The summed E-state index contributed by atoms with van der Waals surface area (Å²) in [4.78, 5) is 34.7. The summed E-state index contributed by atoms with van der Waals surface area (Å²) in [5, 5.41) is 12.2. The number of aromatic nitrogens is 5. The summed E-state index contributed by atoms with van der Waals surface area (Å²) < 4.78 is 39.4. The standard InChI is InChI=1S/C33H35F2N7O4/c1-19(41-16-29(35)36-18-41)17-46-28-5-3-4-22-11-27(42(30(22)28)14-20-6-7-20)31-38-25-12-24-21(10-26(25)39(31)2)8-9-40(32(24)43)15-23(13-34)37-33(44)45/h3-5,10-12,16,18-20,23,37H,6-9,13-15,17H2,1-2H3,(H,44,45)/t19-,23-/m1/s1. The van der Waals surface area contributed by atoms with Crippen LogP contribution in [0.2, 0.25) is 0 Å². The molecule has 5 aromatic rings. The monoisotopic (exact) mass is 631 g/mol. The Balaban J connectivity index is 1.23. The Labute approximate surface area is 263 Å². The second-order valence-electron chi connectivity index (χ2n) is 12.4. The van der Waals surface area contributed by atoms with Crippen molar-refractivity contribution in [1.29, 1.82) is 0 Å². The summed E-state index contributed by atoms with van der Waals surface area (Å²) in [6.07, 6.45) is 4.37. The maximum atomic E-state index is 13.5. The number of benzene rings is 2. The number of hydrogen-bond acceptors (Lipinski definition) is 5. The van der Waals surface area contributed by atoms with Crippen molar-refractivity contribution < 1.29 is 28.2 Å². The Morgan fingerprint density at radius 3 is 2.78 bits per heavy atom. The molecule has 7 rings (SSSR count). The number of carbonyl (C=O) groups excluding carboxylic acids is 1. The zero-order chi connectivity index (χ0) is 32.1. The van der Waals surface area contributed by atoms with Crippen LogP contribution in [0.3, 0.4) is 0 Å². The van der Waals surface area contributed by atoms with Gasteiger partial charge >= 0.3 is 6.09 Å². The molecule has 11 nitrogen and oxygen atoms in total. The summed E-state index contributed by atoms with van der Waals surface area (Å²) in [5.41, 5.74) is 4.86. The molecule has 13 heteroatoms. The summed E-state index contributed by atoms with van der Waals surface area (Å²) in [6, 6.07) is 10.8.